The number of carbonyl (C=O) groups excluding carboxylic acids is 1. The van der Waals surface area contributed by atoms with Gasteiger partial charge in [-0.15, -0.1) is 0 Å². The van der Waals surface area contributed by atoms with Gasteiger partial charge in [0.2, 0.25) is 0 Å². The molecule has 0 saturated heterocycles. The highest BCUT2D eigenvalue weighted by Gasteiger charge is 2.24. The number of carbonyl (C=O) groups is 1. The minimum absolute atomic E-state index is 0.178. The molecule has 0 bridgehead atoms. The quantitative estimate of drug-likeness (QED) is 0.754. The topological polar surface area (TPSA) is 44.8 Å². The minimum Gasteiger partial charge on any atom is -0.497 e. The normalized spacial score (nSPS) is 17.9. The van der Waals surface area contributed by atoms with Crippen LogP contribution in [0.15, 0.2) is 18.2 Å². The molecule has 1 aromatic carbocycles. The van der Waals surface area contributed by atoms with Gasteiger partial charge in [-0.3, -0.25) is 4.79 Å². The molecule has 1 aromatic rings. The molecule has 0 saturated carbocycles. The first-order chi connectivity index (χ1) is 8.24. The summed E-state index contributed by atoms with van der Waals surface area (Å²) in [7, 11) is 3.03. The smallest absolute Gasteiger partial charge is 0.306 e. The molecule has 0 aliphatic carbocycles. The Kier molecular flexibility index (Phi) is 3.52. The molecule has 0 spiro atoms. The van der Waals surface area contributed by atoms with Crippen molar-refractivity contribution in [1.29, 1.82) is 0 Å². The minimum atomic E-state index is -0.182. The van der Waals surface area contributed by atoms with Gasteiger partial charge in [0.15, 0.2) is 0 Å². The number of methoxy groups -OCH3 is 2. The highest BCUT2D eigenvalue weighted by atomic mass is 16.5. The summed E-state index contributed by atoms with van der Waals surface area (Å²) in [5.41, 5.74) is 1.06. The molecule has 1 aliphatic rings. The van der Waals surface area contributed by atoms with Crippen LogP contribution < -0.4 is 9.47 Å². The summed E-state index contributed by atoms with van der Waals surface area (Å²) in [4.78, 5) is 11.3. The Labute approximate surface area is 100 Å². The molecule has 1 unspecified atom stereocenters. The number of fused-ring (bicyclic) bond motifs is 1. The first-order valence-corrected chi connectivity index (χ1v) is 5.62. The van der Waals surface area contributed by atoms with Crippen molar-refractivity contribution in [2.45, 2.75) is 18.8 Å². The van der Waals surface area contributed by atoms with Gasteiger partial charge < -0.3 is 14.2 Å². The van der Waals surface area contributed by atoms with Gasteiger partial charge in [-0.25, -0.2) is 0 Å². The lowest BCUT2D eigenvalue weighted by Crippen LogP contribution is -2.17. The molecule has 92 valence electrons. The Morgan fingerprint density at radius 2 is 2.29 bits per heavy atom. The van der Waals surface area contributed by atoms with Gasteiger partial charge >= 0.3 is 5.97 Å². The molecular weight excluding hydrogens is 220 g/mol. The van der Waals surface area contributed by atoms with Crippen molar-refractivity contribution < 1.29 is 19.0 Å². The van der Waals surface area contributed by atoms with Crippen molar-refractivity contribution in [3.63, 3.8) is 0 Å². The Balaban J connectivity index is 2.22. The van der Waals surface area contributed by atoms with E-state index in [0.29, 0.717) is 13.0 Å². The Hall–Kier alpha value is -1.71. The summed E-state index contributed by atoms with van der Waals surface area (Å²) in [6, 6.07) is 5.71. The maximum atomic E-state index is 11.3. The van der Waals surface area contributed by atoms with Crippen molar-refractivity contribution in [1.82, 2.24) is 0 Å². The monoisotopic (exact) mass is 236 g/mol. The van der Waals surface area contributed by atoms with E-state index in [-0.39, 0.29) is 11.9 Å². The van der Waals surface area contributed by atoms with Crippen LogP contribution in [0.1, 0.15) is 24.3 Å². The van der Waals surface area contributed by atoms with Crippen LogP contribution in [0.25, 0.3) is 0 Å². The van der Waals surface area contributed by atoms with E-state index in [1.165, 1.54) is 7.11 Å². The van der Waals surface area contributed by atoms with Crippen LogP contribution in [0.5, 0.6) is 11.5 Å². The second-order valence-electron chi connectivity index (χ2n) is 4.02. The summed E-state index contributed by atoms with van der Waals surface area (Å²) in [6.45, 7) is 0.627. The van der Waals surface area contributed by atoms with E-state index in [1.54, 1.807) is 7.11 Å². The molecule has 0 radical (unpaired) electrons. The van der Waals surface area contributed by atoms with Gasteiger partial charge in [0.25, 0.3) is 0 Å². The summed E-state index contributed by atoms with van der Waals surface area (Å²) >= 11 is 0. The number of rotatable bonds is 3. The van der Waals surface area contributed by atoms with Crippen LogP contribution in [0, 0.1) is 0 Å². The molecule has 4 heteroatoms. The predicted molar refractivity (Wildman–Crippen MR) is 62.5 cm³/mol. The lowest BCUT2D eigenvalue weighted by atomic mass is 9.90. The van der Waals surface area contributed by atoms with Crippen molar-refractivity contribution in [2.24, 2.45) is 0 Å². The van der Waals surface area contributed by atoms with Gasteiger partial charge in [0.1, 0.15) is 11.5 Å². The van der Waals surface area contributed by atoms with Crippen molar-refractivity contribution >= 4 is 5.97 Å². The molecular formula is C13H16O4. The van der Waals surface area contributed by atoms with Crippen LogP contribution in [0.4, 0.5) is 0 Å². The van der Waals surface area contributed by atoms with Crippen molar-refractivity contribution in [3.8, 4) is 11.5 Å². The molecule has 17 heavy (non-hydrogen) atoms. The van der Waals surface area contributed by atoms with Crippen LogP contribution in [-0.4, -0.2) is 26.8 Å². The van der Waals surface area contributed by atoms with E-state index in [0.717, 1.165) is 23.5 Å². The van der Waals surface area contributed by atoms with E-state index in [9.17, 15) is 4.79 Å². The Morgan fingerprint density at radius 1 is 1.47 bits per heavy atom. The molecule has 1 aliphatic heterocycles. The number of hydrogen-bond donors (Lipinski definition) is 0. The molecule has 1 heterocycles. The van der Waals surface area contributed by atoms with Gasteiger partial charge in [-0.05, 0) is 18.1 Å². The molecule has 2 rings (SSSR count). The first-order valence-electron chi connectivity index (χ1n) is 5.62. The van der Waals surface area contributed by atoms with Crippen LogP contribution in [0.2, 0.25) is 0 Å². The van der Waals surface area contributed by atoms with Gasteiger partial charge in [-0.1, -0.05) is 6.07 Å². The predicted octanol–water partition coefficient (Wildman–Crippen LogP) is 2.12. The molecule has 4 nitrogen and oxygen atoms in total. The lowest BCUT2D eigenvalue weighted by molar-refractivity contribution is -0.141. The third kappa shape index (κ3) is 2.52. The average Bonchev–Trinajstić information content (AvgIpc) is 2.38. The highest BCUT2D eigenvalue weighted by Crippen LogP contribution is 2.37. The van der Waals surface area contributed by atoms with Gasteiger partial charge in [-0.2, -0.15) is 0 Å². The van der Waals surface area contributed by atoms with Crippen molar-refractivity contribution in [3.05, 3.63) is 23.8 Å². The molecule has 1 atom stereocenters. The van der Waals surface area contributed by atoms with Crippen molar-refractivity contribution in [2.75, 3.05) is 20.8 Å². The second kappa shape index (κ2) is 5.08. The van der Waals surface area contributed by atoms with Gasteiger partial charge in [0.05, 0.1) is 27.2 Å². The zero-order valence-corrected chi connectivity index (χ0v) is 10.1. The third-order valence-corrected chi connectivity index (χ3v) is 3.03. The Bertz CT molecular complexity index is 414. The zero-order valence-electron chi connectivity index (χ0n) is 10.1. The lowest BCUT2D eigenvalue weighted by Gasteiger charge is -2.25. The highest BCUT2D eigenvalue weighted by molar-refractivity contribution is 5.70. The summed E-state index contributed by atoms with van der Waals surface area (Å²) in [5, 5.41) is 0. The van der Waals surface area contributed by atoms with E-state index < -0.39 is 0 Å². The fourth-order valence-corrected chi connectivity index (χ4v) is 2.07. The second-order valence-corrected chi connectivity index (χ2v) is 4.02. The van der Waals surface area contributed by atoms with E-state index in [4.69, 9.17) is 14.2 Å². The number of esters is 1. The van der Waals surface area contributed by atoms with Crippen LogP contribution in [0.3, 0.4) is 0 Å². The summed E-state index contributed by atoms with van der Waals surface area (Å²) < 4.78 is 15.4. The maximum Gasteiger partial charge on any atom is 0.306 e. The molecule has 0 aromatic heterocycles. The Morgan fingerprint density at radius 3 is 3.00 bits per heavy atom. The number of hydrogen-bond acceptors (Lipinski definition) is 4. The van der Waals surface area contributed by atoms with E-state index in [1.807, 2.05) is 18.2 Å². The van der Waals surface area contributed by atoms with Crippen LogP contribution >= 0.6 is 0 Å². The standard InChI is InChI=1S/C13H16O4/c1-15-10-3-4-11-9(7-13(14)16-2)5-6-17-12(11)8-10/h3-4,8-9H,5-7H2,1-2H3. The van der Waals surface area contributed by atoms with Crippen LogP contribution in [-0.2, 0) is 9.53 Å². The fourth-order valence-electron chi connectivity index (χ4n) is 2.07. The summed E-state index contributed by atoms with van der Waals surface area (Å²) in [6.07, 6.45) is 1.24. The average molecular weight is 236 g/mol. The zero-order chi connectivity index (χ0) is 12.3. The SMILES string of the molecule is COC(=O)CC1CCOc2cc(OC)ccc21. The maximum absolute atomic E-state index is 11.3. The first kappa shape index (κ1) is 11.8. The number of ether oxygens (including phenoxy) is 3. The van der Waals surface area contributed by atoms with E-state index >= 15 is 0 Å². The van der Waals surface area contributed by atoms with E-state index in [2.05, 4.69) is 0 Å². The summed E-state index contributed by atoms with van der Waals surface area (Å²) in [5.74, 6) is 1.57. The van der Waals surface area contributed by atoms with Gasteiger partial charge in [0, 0.05) is 12.0 Å². The molecule has 0 amide bonds. The number of benzene rings is 1. The largest absolute Gasteiger partial charge is 0.497 e. The fraction of sp³-hybridized carbons (Fsp3) is 0.462. The molecule has 0 fully saturated rings. The molecule has 0 N–H and O–H groups in total. The third-order valence-electron chi connectivity index (χ3n) is 3.03.